The predicted octanol–water partition coefficient (Wildman–Crippen LogP) is 2.79. The van der Waals surface area contributed by atoms with Crippen LogP contribution in [0.15, 0.2) is 18.2 Å². The van der Waals surface area contributed by atoms with Crippen LogP contribution in [0.5, 0.6) is 5.75 Å². The van der Waals surface area contributed by atoms with Crippen LogP contribution < -0.4 is 10.6 Å². The van der Waals surface area contributed by atoms with Crippen LogP contribution in [0.4, 0.5) is 10.5 Å². The number of amides is 2. The van der Waals surface area contributed by atoms with Crippen LogP contribution in [0.2, 0.25) is 0 Å². The van der Waals surface area contributed by atoms with Gasteiger partial charge in [-0.05, 0) is 31.9 Å². The topological polar surface area (TPSA) is 98.7 Å². The SMILES string of the molecule is CCC(C)(CC)NC(=O)Nc1ccc(C(=O)O)c(O)c1. The van der Waals surface area contributed by atoms with E-state index in [1.165, 1.54) is 18.2 Å². The summed E-state index contributed by atoms with van der Waals surface area (Å²) in [5.41, 5.74) is -0.171. The Hall–Kier alpha value is -2.24. The smallest absolute Gasteiger partial charge is 0.339 e. The second kappa shape index (κ2) is 6.27. The minimum absolute atomic E-state index is 0.206. The molecule has 20 heavy (non-hydrogen) atoms. The van der Waals surface area contributed by atoms with Gasteiger partial charge < -0.3 is 20.8 Å². The molecule has 0 atom stereocenters. The number of hydrogen-bond donors (Lipinski definition) is 4. The standard InChI is InChI=1S/C14H20N2O4/c1-4-14(3,5-2)16-13(20)15-9-6-7-10(12(18)19)11(17)8-9/h6-8,17H,4-5H2,1-3H3,(H,18,19)(H2,15,16,20). The molecule has 0 heterocycles. The van der Waals surface area contributed by atoms with Crippen LogP contribution in [0.3, 0.4) is 0 Å². The highest BCUT2D eigenvalue weighted by atomic mass is 16.4. The molecule has 0 aromatic heterocycles. The van der Waals surface area contributed by atoms with E-state index < -0.39 is 12.0 Å². The van der Waals surface area contributed by atoms with Gasteiger partial charge in [0.25, 0.3) is 0 Å². The zero-order valence-electron chi connectivity index (χ0n) is 11.9. The van der Waals surface area contributed by atoms with Gasteiger partial charge in [-0.2, -0.15) is 0 Å². The van der Waals surface area contributed by atoms with Gasteiger partial charge in [0.05, 0.1) is 0 Å². The van der Waals surface area contributed by atoms with E-state index in [0.29, 0.717) is 5.69 Å². The summed E-state index contributed by atoms with van der Waals surface area (Å²) in [5.74, 6) is -1.60. The maximum Gasteiger partial charge on any atom is 0.339 e. The summed E-state index contributed by atoms with van der Waals surface area (Å²) < 4.78 is 0. The van der Waals surface area contributed by atoms with E-state index in [0.717, 1.165) is 12.8 Å². The second-order valence-corrected chi connectivity index (χ2v) is 4.88. The Kier molecular flexibility index (Phi) is 4.96. The van der Waals surface area contributed by atoms with Gasteiger partial charge in [-0.1, -0.05) is 13.8 Å². The van der Waals surface area contributed by atoms with Gasteiger partial charge in [-0.25, -0.2) is 9.59 Å². The molecule has 110 valence electrons. The van der Waals surface area contributed by atoms with E-state index in [-0.39, 0.29) is 16.9 Å². The summed E-state index contributed by atoms with van der Waals surface area (Å²) in [6, 6.07) is 3.49. The number of carbonyl (C=O) groups excluding carboxylic acids is 1. The van der Waals surface area contributed by atoms with Gasteiger partial charge in [0, 0.05) is 17.3 Å². The Morgan fingerprint density at radius 1 is 1.25 bits per heavy atom. The Bertz CT molecular complexity index is 510. The van der Waals surface area contributed by atoms with E-state index in [9.17, 15) is 14.7 Å². The molecule has 1 rings (SSSR count). The molecular formula is C14H20N2O4. The summed E-state index contributed by atoms with van der Waals surface area (Å²) >= 11 is 0. The number of carboxylic acids is 1. The van der Waals surface area contributed by atoms with Crippen LogP contribution in [0.1, 0.15) is 44.0 Å². The molecule has 0 spiro atoms. The normalized spacial score (nSPS) is 10.9. The molecule has 0 saturated heterocycles. The molecule has 0 unspecified atom stereocenters. The van der Waals surface area contributed by atoms with E-state index >= 15 is 0 Å². The molecule has 0 aliphatic heterocycles. The first-order valence-electron chi connectivity index (χ1n) is 6.46. The summed E-state index contributed by atoms with van der Waals surface area (Å²) in [5, 5.41) is 23.8. The third-order valence-electron chi connectivity index (χ3n) is 3.46. The van der Waals surface area contributed by atoms with Crippen molar-refractivity contribution >= 4 is 17.7 Å². The summed E-state index contributed by atoms with van der Waals surface area (Å²) in [4.78, 5) is 22.6. The number of carboxylic acid groups (broad SMARTS) is 1. The molecule has 0 aliphatic rings. The van der Waals surface area contributed by atoms with Crippen LogP contribution in [0, 0.1) is 0 Å². The average molecular weight is 280 g/mol. The van der Waals surface area contributed by atoms with E-state index in [2.05, 4.69) is 10.6 Å². The fourth-order valence-electron chi connectivity index (χ4n) is 1.65. The maximum absolute atomic E-state index is 11.9. The van der Waals surface area contributed by atoms with E-state index in [1.54, 1.807) is 0 Å². The van der Waals surface area contributed by atoms with Gasteiger partial charge in [0.2, 0.25) is 0 Å². The zero-order valence-corrected chi connectivity index (χ0v) is 11.9. The van der Waals surface area contributed by atoms with Crippen molar-refractivity contribution in [1.29, 1.82) is 0 Å². The quantitative estimate of drug-likeness (QED) is 0.666. The Balaban J connectivity index is 2.77. The number of nitrogens with one attached hydrogen (secondary N) is 2. The van der Waals surface area contributed by atoms with Crippen molar-refractivity contribution in [3.8, 4) is 5.75 Å². The summed E-state index contributed by atoms with van der Waals surface area (Å²) in [7, 11) is 0. The summed E-state index contributed by atoms with van der Waals surface area (Å²) in [6.07, 6.45) is 1.58. The number of anilines is 1. The lowest BCUT2D eigenvalue weighted by atomic mass is 9.96. The first-order chi connectivity index (χ1) is 9.31. The molecule has 1 aromatic carbocycles. The number of urea groups is 1. The first kappa shape index (κ1) is 15.8. The number of phenols is 1. The molecule has 0 bridgehead atoms. The van der Waals surface area contributed by atoms with Gasteiger partial charge >= 0.3 is 12.0 Å². The molecule has 6 nitrogen and oxygen atoms in total. The number of aromatic hydroxyl groups is 1. The van der Waals surface area contributed by atoms with Crippen LogP contribution >= 0.6 is 0 Å². The van der Waals surface area contributed by atoms with Crippen molar-refractivity contribution in [1.82, 2.24) is 5.32 Å². The van der Waals surface area contributed by atoms with Crippen LogP contribution in [-0.4, -0.2) is 27.8 Å². The van der Waals surface area contributed by atoms with Crippen molar-refractivity contribution in [3.05, 3.63) is 23.8 Å². The Labute approximate surface area is 117 Å². The van der Waals surface area contributed by atoms with Gasteiger partial charge in [0.15, 0.2) is 0 Å². The van der Waals surface area contributed by atoms with Gasteiger partial charge in [-0.3, -0.25) is 0 Å². The molecule has 1 aromatic rings. The summed E-state index contributed by atoms with van der Waals surface area (Å²) in [6.45, 7) is 5.91. The lowest BCUT2D eigenvalue weighted by molar-refractivity contribution is 0.0694. The predicted molar refractivity (Wildman–Crippen MR) is 76.2 cm³/mol. The molecular weight excluding hydrogens is 260 g/mol. The molecule has 4 N–H and O–H groups in total. The number of benzene rings is 1. The molecule has 6 heteroatoms. The monoisotopic (exact) mass is 280 g/mol. The first-order valence-corrected chi connectivity index (χ1v) is 6.46. The second-order valence-electron chi connectivity index (χ2n) is 4.88. The van der Waals surface area contributed by atoms with E-state index in [1.807, 2.05) is 20.8 Å². The number of aromatic carboxylic acids is 1. The van der Waals surface area contributed by atoms with Crippen molar-refractivity contribution in [3.63, 3.8) is 0 Å². The largest absolute Gasteiger partial charge is 0.507 e. The Morgan fingerprint density at radius 2 is 1.85 bits per heavy atom. The molecule has 0 aliphatic carbocycles. The molecule has 2 amide bonds. The zero-order chi connectivity index (χ0) is 15.3. The number of carbonyl (C=O) groups is 2. The number of rotatable bonds is 5. The highest BCUT2D eigenvalue weighted by Crippen LogP contribution is 2.22. The third-order valence-corrected chi connectivity index (χ3v) is 3.46. The van der Waals surface area contributed by atoms with Crippen molar-refractivity contribution < 1.29 is 19.8 Å². The minimum Gasteiger partial charge on any atom is -0.507 e. The van der Waals surface area contributed by atoms with E-state index in [4.69, 9.17) is 5.11 Å². The fourth-order valence-corrected chi connectivity index (χ4v) is 1.65. The van der Waals surface area contributed by atoms with Crippen molar-refractivity contribution in [2.75, 3.05) is 5.32 Å². The highest BCUT2D eigenvalue weighted by molar-refractivity contribution is 5.94. The van der Waals surface area contributed by atoms with Gasteiger partial charge in [0.1, 0.15) is 11.3 Å². The molecule has 0 radical (unpaired) electrons. The fraction of sp³-hybridized carbons (Fsp3) is 0.429. The maximum atomic E-state index is 11.9. The lowest BCUT2D eigenvalue weighted by Crippen LogP contribution is -2.46. The van der Waals surface area contributed by atoms with Crippen molar-refractivity contribution in [2.24, 2.45) is 0 Å². The minimum atomic E-state index is -1.22. The van der Waals surface area contributed by atoms with Crippen molar-refractivity contribution in [2.45, 2.75) is 39.2 Å². The van der Waals surface area contributed by atoms with Gasteiger partial charge in [-0.15, -0.1) is 0 Å². The molecule has 0 saturated carbocycles. The third kappa shape index (κ3) is 3.88. The van der Waals surface area contributed by atoms with Crippen LogP contribution in [-0.2, 0) is 0 Å². The number of hydrogen-bond acceptors (Lipinski definition) is 3. The highest BCUT2D eigenvalue weighted by Gasteiger charge is 2.22. The molecule has 0 fully saturated rings. The average Bonchev–Trinajstić information content (AvgIpc) is 2.38. The van der Waals surface area contributed by atoms with Crippen LogP contribution in [0.25, 0.3) is 0 Å². The lowest BCUT2D eigenvalue weighted by Gasteiger charge is -2.28. The Morgan fingerprint density at radius 3 is 2.30 bits per heavy atom.